The van der Waals surface area contributed by atoms with Crippen LogP contribution in [0.15, 0.2) is 217 Å². The first-order chi connectivity index (χ1) is 30.7. The van der Waals surface area contributed by atoms with E-state index in [0.29, 0.717) is 17.5 Å². The molecule has 0 fully saturated rings. The minimum atomic E-state index is -0.627. The molecule has 0 saturated heterocycles. The van der Waals surface area contributed by atoms with Crippen molar-refractivity contribution in [2.75, 3.05) is 0 Å². The Bertz CT molecular complexity index is 3560. The van der Waals surface area contributed by atoms with Crippen molar-refractivity contribution in [1.82, 2.24) is 15.0 Å². The molecule has 0 saturated carbocycles. The molecule has 2 aliphatic rings. The Hall–Kier alpha value is -8.21. The molecule has 4 nitrogen and oxygen atoms in total. The largest absolute Gasteiger partial charge is 0.456 e. The molecule has 0 aliphatic heterocycles. The van der Waals surface area contributed by atoms with Gasteiger partial charge in [0.15, 0.2) is 17.5 Å². The van der Waals surface area contributed by atoms with Crippen LogP contribution in [0.1, 0.15) is 22.3 Å². The maximum absolute atomic E-state index is 6.38. The fourth-order valence-electron chi connectivity index (χ4n) is 10.4. The van der Waals surface area contributed by atoms with Gasteiger partial charge in [0.2, 0.25) is 0 Å². The monoisotopic (exact) mass is 789 g/mol. The number of nitrogens with zero attached hydrogens (tertiary/aromatic N) is 3. The number of rotatable bonds is 4. The van der Waals surface area contributed by atoms with Crippen molar-refractivity contribution in [3.8, 4) is 78.7 Å². The lowest BCUT2D eigenvalue weighted by Crippen LogP contribution is -2.29. The summed E-state index contributed by atoms with van der Waals surface area (Å²) in [4.78, 5) is 16.1. The van der Waals surface area contributed by atoms with E-state index in [0.717, 1.165) is 49.8 Å². The quantitative estimate of drug-likeness (QED) is 0.178. The molecule has 0 amide bonds. The van der Waals surface area contributed by atoms with E-state index < -0.39 is 5.41 Å². The zero-order chi connectivity index (χ0) is 40.8. The number of benzene rings is 9. The average Bonchev–Trinajstić information content (AvgIpc) is 3.85. The third kappa shape index (κ3) is 4.98. The highest BCUT2D eigenvalue weighted by Crippen LogP contribution is 2.61. The number of hydrogen-bond acceptors (Lipinski definition) is 4. The summed E-state index contributed by atoms with van der Waals surface area (Å²) in [6, 6.07) is 75.9. The predicted octanol–water partition coefficient (Wildman–Crippen LogP) is 14.4. The van der Waals surface area contributed by atoms with Gasteiger partial charge in [0.25, 0.3) is 0 Å². The maximum Gasteiger partial charge on any atom is 0.164 e. The van der Waals surface area contributed by atoms with E-state index in [-0.39, 0.29) is 0 Å². The lowest BCUT2D eigenvalue weighted by atomic mass is 9.65. The lowest BCUT2D eigenvalue weighted by molar-refractivity contribution is 0.669. The van der Waals surface area contributed by atoms with Crippen LogP contribution in [0.2, 0.25) is 0 Å². The standard InChI is InChI=1S/C58H35N3O/c1-2-16-36(17-3-1)37-18-14-19-38(34-37)55-59-56(61-57(60-55)47-26-15-31-53-54(47)46-25-9-13-30-52(46)62-53)39-32-33-45-41-21-5-4-20-40(41)42-22-6-10-27-48(42)58(51(45)35-39)49-28-11-7-23-43(49)44-24-8-12-29-50(44)58/h1-35H. The van der Waals surface area contributed by atoms with Crippen LogP contribution in [0, 0.1) is 0 Å². The highest BCUT2D eigenvalue weighted by atomic mass is 16.3. The third-order valence-corrected chi connectivity index (χ3v) is 13.0. The molecule has 0 unspecified atom stereocenters. The Balaban J connectivity index is 1.11. The summed E-state index contributed by atoms with van der Waals surface area (Å²) >= 11 is 0. The van der Waals surface area contributed by atoms with Crippen LogP contribution in [0.5, 0.6) is 0 Å². The first-order valence-corrected chi connectivity index (χ1v) is 21.1. The molecule has 2 heterocycles. The van der Waals surface area contributed by atoms with Crippen LogP contribution in [0.4, 0.5) is 0 Å². The Morgan fingerprint density at radius 1 is 0.290 bits per heavy atom. The molecule has 2 aromatic heterocycles. The third-order valence-electron chi connectivity index (χ3n) is 13.0. The number of hydrogen-bond donors (Lipinski definition) is 0. The molecule has 2 aliphatic carbocycles. The summed E-state index contributed by atoms with van der Waals surface area (Å²) in [6.45, 7) is 0. The van der Waals surface area contributed by atoms with Gasteiger partial charge in [-0.1, -0.05) is 188 Å². The van der Waals surface area contributed by atoms with Crippen molar-refractivity contribution in [2.24, 2.45) is 0 Å². The van der Waals surface area contributed by atoms with Crippen LogP contribution in [0.25, 0.3) is 101 Å². The van der Waals surface area contributed by atoms with Crippen LogP contribution >= 0.6 is 0 Å². The molecule has 11 aromatic rings. The second kappa shape index (κ2) is 13.4. The molecule has 1 spiro atoms. The van der Waals surface area contributed by atoms with E-state index in [1.165, 1.54) is 55.6 Å². The first kappa shape index (κ1) is 34.6. The molecule has 62 heavy (non-hydrogen) atoms. The van der Waals surface area contributed by atoms with Crippen molar-refractivity contribution >= 4 is 21.9 Å². The van der Waals surface area contributed by atoms with E-state index in [4.69, 9.17) is 19.4 Å². The summed E-state index contributed by atoms with van der Waals surface area (Å²) in [5, 5.41) is 2.01. The van der Waals surface area contributed by atoms with Gasteiger partial charge >= 0.3 is 0 Å². The maximum atomic E-state index is 6.38. The van der Waals surface area contributed by atoms with Crippen molar-refractivity contribution in [2.45, 2.75) is 5.41 Å². The first-order valence-electron chi connectivity index (χ1n) is 21.1. The second-order valence-corrected chi connectivity index (χ2v) is 16.2. The zero-order valence-electron chi connectivity index (χ0n) is 33.5. The summed E-state index contributed by atoms with van der Waals surface area (Å²) in [7, 11) is 0. The highest BCUT2D eigenvalue weighted by molar-refractivity contribution is 6.12. The Kier molecular flexibility index (Phi) is 7.49. The predicted molar refractivity (Wildman–Crippen MR) is 251 cm³/mol. The molecule has 0 bridgehead atoms. The summed E-state index contributed by atoms with van der Waals surface area (Å²) in [5.74, 6) is 1.79. The number of fused-ring (bicyclic) bond motifs is 15. The smallest absolute Gasteiger partial charge is 0.164 e. The van der Waals surface area contributed by atoms with Crippen molar-refractivity contribution in [3.63, 3.8) is 0 Å². The SMILES string of the molecule is c1ccc(-c2cccc(-c3nc(-c4ccc5c(c4)C4(c6ccccc6-c6ccccc6-5)c5ccccc5-c5ccccc54)nc(-c4cccc5oc6ccccc6c45)n3)c2)cc1. The van der Waals surface area contributed by atoms with Gasteiger partial charge in [-0.2, -0.15) is 0 Å². The fourth-order valence-corrected chi connectivity index (χ4v) is 10.4. The van der Waals surface area contributed by atoms with Gasteiger partial charge in [0.05, 0.1) is 5.41 Å². The number of para-hydroxylation sites is 1. The van der Waals surface area contributed by atoms with E-state index in [9.17, 15) is 0 Å². The lowest BCUT2D eigenvalue weighted by Gasteiger charge is -2.35. The van der Waals surface area contributed by atoms with E-state index in [1.807, 2.05) is 30.3 Å². The van der Waals surface area contributed by atoms with E-state index in [2.05, 4.69) is 182 Å². The zero-order valence-corrected chi connectivity index (χ0v) is 33.5. The normalized spacial score (nSPS) is 13.0. The van der Waals surface area contributed by atoms with Gasteiger partial charge < -0.3 is 4.42 Å². The molecule has 0 atom stereocenters. The van der Waals surface area contributed by atoms with Gasteiger partial charge in [0.1, 0.15) is 11.2 Å². The van der Waals surface area contributed by atoms with Crippen molar-refractivity contribution in [3.05, 3.63) is 235 Å². The summed E-state index contributed by atoms with van der Waals surface area (Å²) < 4.78 is 6.38. The molecule has 4 heteroatoms. The second-order valence-electron chi connectivity index (χ2n) is 16.2. The topological polar surface area (TPSA) is 51.8 Å². The number of aromatic nitrogens is 3. The van der Waals surface area contributed by atoms with Gasteiger partial charge in [-0.3, -0.25) is 0 Å². The molecule has 288 valence electrons. The van der Waals surface area contributed by atoms with Crippen molar-refractivity contribution < 1.29 is 4.42 Å². The van der Waals surface area contributed by atoms with E-state index in [1.54, 1.807) is 0 Å². The fraction of sp³-hybridized carbons (Fsp3) is 0.0172. The van der Waals surface area contributed by atoms with Crippen molar-refractivity contribution in [1.29, 1.82) is 0 Å². The highest BCUT2D eigenvalue weighted by Gasteiger charge is 2.49. The molecule has 9 aromatic carbocycles. The van der Waals surface area contributed by atoms with Crippen LogP contribution in [-0.4, -0.2) is 15.0 Å². The molecular weight excluding hydrogens is 755 g/mol. The van der Waals surface area contributed by atoms with Crippen LogP contribution < -0.4 is 0 Å². The minimum Gasteiger partial charge on any atom is -0.456 e. The van der Waals surface area contributed by atoms with Gasteiger partial charge in [-0.25, -0.2) is 15.0 Å². The van der Waals surface area contributed by atoms with Gasteiger partial charge in [-0.15, -0.1) is 0 Å². The van der Waals surface area contributed by atoms with Crippen LogP contribution in [0.3, 0.4) is 0 Å². The minimum absolute atomic E-state index is 0.587. The molecular formula is C58H35N3O. The summed E-state index contributed by atoms with van der Waals surface area (Å²) in [5.41, 5.74) is 18.3. The molecule has 0 N–H and O–H groups in total. The molecule has 13 rings (SSSR count). The van der Waals surface area contributed by atoms with Gasteiger partial charge in [0, 0.05) is 27.5 Å². The number of furan rings is 1. The Labute approximate surface area is 358 Å². The summed E-state index contributed by atoms with van der Waals surface area (Å²) in [6.07, 6.45) is 0. The average molecular weight is 790 g/mol. The van der Waals surface area contributed by atoms with Crippen LogP contribution in [-0.2, 0) is 5.41 Å². The Morgan fingerprint density at radius 3 is 1.45 bits per heavy atom. The van der Waals surface area contributed by atoms with E-state index >= 15 is 0 Å². The Morgan fingerprint density at radius 2 is 0.758 bits per heavy atom. The molecule has 0 radical (unpaired) electrons. The van der Waals surface area contributed by atoms with Gasteiger partial charge in [-0.05, 0) is 91.0 Å².